The highest BCUT2D eigenvalue weighted by molar-refractivity contribution is 5.86. The van der Waals surface area contributed by atoms with Crippen LogP contribution in [0.4, 0.5) is 26.2 Å². The maximum atomic E-state index is 14.0. The summed E-state index contributed by atoms with van der Waals surface area (Å²) in [5, 5.41) is 14.5. The summed E-state index contributed by atoms with van der Waals surface area (Å²) >= 11 is 0. The first-order chi connectivity index (χ1) is 18.0. The van der Waals surface area contributed by atoms with Gasteiger partial charge in [-0.15, -0.1) is 0 Å². The van der Waals surface area contributed by atoms with Crippen LogP contribution in [-0.2, 0) is 11.3 Å². The maximum absolute atomic E-state index is 14.0. The van der Waals surface area contributed by atoms with Crippen LogP contribution < -0.4 is 10.2 Å². The second-order valence-electron chi connectivity index (χ2n) is 8.35. The van der Waals surface area contributed by atoms with Gasteiger partial charge in [0.15, 0.2) is 22.5 Å². The van der Waals surface area contributed by atoms with Crippen molar-refractivity contribution in [2.45, 2.75) is 6.54 Å². The summed E-state index contributed by atoms with van der Waals surface area (Å²) in [6.45, 7) is 2.32. The molecule has 2 aromatic carbocycles. The van der Waals surface area contributed by atoms with Gasteiger partial charge >= 0.3 is 0 Å². The molecule has 2 N–H and O–H groups in total. The molecule has 1 aliphatic rings. The molecule has 4 heterocycles. The van der Waals surface area contributed by atoms with E-state index in [4.69, 9.17) is 4.74 Å². The zero-order valence-corrected chi connectivity index (χ0v) is 19.2. The number of nitro benzene ring substituents is 1. The summed E-state index contributed by atoms with van der Waals surface area (Å²) in [5.41, 5.74) is 1.64. The molecule has 0 amide bonds. The molecule has 0 spiro atoms. The summed E-state index contributed by atoms with van der Waals surface area (Å²) in [5.74, 6) is -0.224. The second-order valence-corrected chi connectivity index (χ2v) is 8.35. The summed E-state index contributed by atoms with van der Waals surface area (Å²) < 4.78 is 34.8. The number of para-hydroxylation sites is 1. The topological polar surface area (TPSA) is 140 Å². The van der Waals surface area contributed by atoms with Gasteiger partial charge < -0.3 is 19.9 Å². The molecule has 1 saturated heterocycles. The smallest absolute Gasteiger partial charge is 0.297 e. The number of nitrogens with one attached hydrogen (secondary N) is 2. The Kier molecular flexibility index (Phi) is 5.56. The van der Waals surface area contributed by atoms with Crippen molar-refractivity contribution in [2.24, 2.45) is 0 Å². The number of anilines is 2. The van der Waals surface area contributed by atoms with Gasteiger partial charge in [0.25, 0.3) is 5.69 Å². The Bertz CT molecular complexity index is 1630. The van der Waals surface area contributed by atoms with Crippen molar-refractivity contribution < 1.29 is 18.4 Å². The van der Waals surface area contributed by atoms with Gasteiger partial charge in [-0.3, -0.25) is 14.7 Å². The Morgan fingerprint density at radius 1 is 1.08 bits per heavy atom. The largest absolute Gasteiger partial charge is 0.378 e. The van der Waals surface area contributed by atoms with Gasteiger partial charge in [-0.25, -0.2) is 18.7 Å². The van der Waals surface area contributed by atoms with Crippen molar-refractivity contribution >= 4 is 39.7 Å². The van der Waals surface area contributed by atoms with E-state index < -0.39 is 16.6 Å². The number of morpholine rings is 1. The quantitative estimate of drug-likeness (QED) is 0.262. The lowest BCUT2D eigenvalue weighted by Crippen LogP contribution is -2.37. The molecule has 12 nitrogen and oxygen atoms in total. The zero-order chi connectivity index (χ0) is 25.5. The number of halogens is 2. The number of non-ortho nitro benzene ring substituents is 1. The molecule has 0 bridgehead atoms. The minimum atomic E-state index is -0.725. The van der Waals surface area contributed by atoms with Crippen LogP contribution in [0.3, 0.4) is 0 Å². The molecule has 0 atom stereocenters. The number of aromatic nitrogens is 6. The highest BCUT2D eigenvalue weighted by Crippen LogP contribution is 2.27. The Morgan fingerprint density at radius 3 is 2.62 bits per heavy atom. The molecule has 3 aromatic heterocycles. The van der Waals surface area contributed by atoms with Gasteiger partial charge in [0.1, 0.15) is 23.8 Å². The minimum absolute atomic E-state index is 0.0971. The van der Waals surface area contributed by atoms with Gasteiger partial charge in [0, 0.05) is 25.2 Å². The fourth-order valence-electron chi connectivity index (χ4n) is 4.25. The third-order valence-electron chi connectivity index (χ3n) is 5.96. The Morgan fingerprint density at radius 2 is 1.86 bits per heavy atom. The van der Waals surface area contributed by atoms with E-state index in [0.717, 1.165) is 6.07 Å². The Balaban J connectivity index is 1.40. The summed E-state index contributed by atoms with van der Waals surface area (Å²) in [6, 6.07) is 7.86. The van der Waals surface area contributed by atoms with E-state index in [1.807, 2.05) is 4.90 Å². The first-order valence-electron chi connectivity index (χ1n) is 11.4. The number of benzene rings is 2. The molecule has 1 aliphatic heterocycles. The summed E-state index contributed by atoms with van der Waals surface area (Å²) in [6.07, 6.45) is 1.42. The molecule has 0 radical (unpaired) electrons. The fourth-order valence-corrected chi connectivity index (χ4v) is 4.25. The van der Waals surface area contributed by atoms with Crippen LogP contribution in [0.25, 0.3) is 27.9 Å². The minimum Gasteiger partial charge on any atom is -0.378 e. The average Bonchev–Trinajstić information content (AvgIpc) is 3.51. The van der Waals surface area contributed by atoms with Crippen LogP contribution in [-0.4, -0.2) is 60.7 Å². The van der Waals surface area contributed by atoms with Gasteiger partial charge in [-0.05, 0) is 18.2 Å². The predicted molar refractivity (Wildman–Crippen MR) is 130 cm³/mol. The molecule has 0 aliphatic carbocycles. The van der Waals surface area contributed by atoms with E-state index in [-0.39, 0.29) is 23.4 Å². The van der Waals surface area contributed by atoms with Crippen LogP contribution in [0, 0.1) is 21.7 Å². The van der Waals surface area contributed by atoms with Crippen molar-refractivity contribution in [2.75, 3.05) is 36.5 Å². The monoisotopic (exact) mass is 507 g/mol. The third-order valence-corrected chi connectivity index (χ3v) is 5.96. The van der Waals surface area contributed by atoms with Gasteiger partial charge in [-0.1, -0.05) is 6.07 Å². The maximum Gasteiger partial charge on any atom is 0.297 e. The van der Waals surface area contributed by atoms with Crippen molar-refractivity contribution in [3.8, 4) is 5.69 Å². The first kappa shape index (κ1) is 22.7. The van der Waals surface area contributed by atoms with Crippen molar-refractivity contribution in [3.63, 3.8) is 0 Å². The molecule has 14 heteroatoms. The lowest BCUT2D eigenvalue weighted by molar-refractivity contribution is -0.383. The number of hydrogen-bond donors (Lipinski definition) is 2. The van der Waals surface area contributed by atoms with Gasteiger partial charge in [0.05, 0.1) is 35.9 Å². The molecule has 37 heavy (non-hydrogen) atoms. The number of nitrogens with zero attached hydrogens (tertiary/aromatic N) is 7. The molecule has 5 aromatic rings. The molecular weight excluding hydrogens is 488 g/mol. The third kappa shape index (κ3) is 4.27. The van der Waals surface area contributed by atoms with Crippen molar-refractivity contribution in [1.29, 1.82) is 0 Å². The first-order valence-corrected chi connectivity index (χ1v) is 11.4. The van der Waals surface area contributed by atoms with Crippen LogP contribution in [0.15, 0.2) is 42.7 Å². The number of nitro groups is 1. The van der Waals surface area contributed by atoms with Crippen LogP contribution in [0.5, 0.6) is 0 Å². The number of aromatic amines is 1. The number of rotatable bonds is 6. The Labute approximate surface area is 207 Å². The van der Waals surface area contributed by atoms with E-state index in [0.29, 0.717) is 60.6 Å². The van der Waals surface area contributed by atoms with Crippen LogP contribution >= 0.6 is 0 Å². The van der Waals surface area contributed by atoms with E-state index in [1.54, 1.807) is 12.1 Å². The fraction of sp³-hybridized carbons (Fsp3) is 0.217. The number of imidazole rings is 2. The predicted octanol–water partition coefficient (Wildman–Crippen LogP) is 3.33. The summed E-state index contributed by atoms with van der Waals surface area (Å²) in [4.78, 5) is 34.0. The molecule has 0 unspecified atom stereocenters. The molecule has 6 rings (SSSR count). The highest BCUT2D eigenvalue weighted by atomic mass is 19.1. The van der Waals surface area contributed by atoms with Crippen LogP contribution in [0.1, 0.15) is 5.82 Å². The second kappa shape index (κ2) is 9.05. The lowest BCUT2D eigenvalue weighted by Gasteiger charge is -2.27. The van der Waals surface area contributed by atoms with Crippen molar-refractivity contribution in [1.82, 2.24) is 29.5 Å². The molecule has 0 saturated carbocycles. The number of fused-ring (bicyclic) bond motifs is 2. The van der Waals surface area contributed by atoms with Crippen LogP contribution in [0.2, 0.25) is 0 Å². The number of ether oxygens (including phenoxy) is 1. The lowest BCUT2D eigenvalue weighted by atomic mass is 10.3. The van der Waals surface area contributed by atoms with E-state index in [1.165, 1.54) is 29.1 Å². The van der Waals surface area contributed by atoms with E-state index in [2.05, 4.69) is 30.2 Å². The van der Waals surface area contributed by atoms with Crippen molar-refractivity contribution in [3.05, 3.63) is 70.3 Å². The SMILES string of the molecule is O=[N+]([O-])c1cccc2[nH]c(CNc3nc(N4CCOCC4)nc4c3ncn4-c3cc(F)cc(F)c3)nc12. The zero-order valence-electron chi connectivity index (χ0n) is 19.2. The van der Waals surface area contributed by atoms with E-state index in [9.17, 15) is 18.9 Å². The van der Waals surface area contributed by atoms with Gasteiger partial charge in [0.2, 0.25) is 5.95 Å². The average molecular weight is 507 g/mol. The summed E-state index contributed by atoms with van der Waals surface area (Å²) in [7, 11) is 0. The highest BCUT2D eigenvalue weighted by Gasteiger charge is 2.21. The van der Waals surface area contributed by atoms with E-state index >= 15 is 0 Å². The van der Waals surface area contributed by atoms with Gasteiger partial charge in [-0.2, -0.15) is 9.97 Å². The molecule has 188 valence electrons. The molecular formula is C23H19F2N9O3. The normalized spacial score (nSPS) is 13.9. The standard InChI is InChI=1S/C23H19F2N9O3/c24-13-8-14(25)10-15(9-13)33-12-27-20-21(30-23(31-22(20)33)32-4-6-37-7-5-32)26-11-18-28-16-2-1-3-17(34(35)36)19(16)29-18/h1-3,8-10,12H,4-7,11H2,(H,28,29)(H,26,30,31). The molecule has 1 fully saturated rings. The number of hydrogen-bond acceptors (Lipinski definition) is 9. The Hall–Kier alpha value is -4.72. The number of H-pyrrole nitrogens is 1.